The molecular weight excluding hydrogens is 451 g/mol. The Bertz CT molecular complexity index is 922. The fourth-order valence-electron chi connectivity index (χ4n) is 2.81. The molecule has 2 rings (SSSR count). The van der Waals surface area contributed by atoms with Crippen LogP contribution in [0.5, 0.6) is 0 Å². The number of hydrogen-bond acceptors (Lipinski definition) is 4. The molecule has 0 aliphatic carbocycles. The van der Waals surface area contributed by atoms with Gasteiger partial charge >= 0.3 is 0 Å². The van der Waals surface area contributed by atoms with Crippen LogP contribution >= 0.6 is 35.0 Å². The highest BCUT2D eigenvalue weighted by atomic mass is 35.5. The van der Waals surface area contributed by atoms with E-state index in [1.165, 1.54) is 0 Å². The van der Waals surface area contributed by atoms with Gasteiger partial charge in [0, 0.05) is 28.1 Å². The van der Waals surface area contributed by atoms with Gasteiger partial charge in [0.1, 0.15) is 6.04 Å². The molecule has 29 heavy (non-hydrogen) atoms. The molecule has 0 aromatic heterocycles. The Morgan fingerprint density at radius 2 is 1.83 bits per heavy atom. The summed E-state index contributed by atoms with van der Waals surface area (Å²) < 4.78 is 25.9. The van der Waals surface area contributed by atoms with Gasteiger partial charge in [0.25, 0.3) is 0 Å². The van der Waals surface area contributed by atoms with Crippen LogP contribution in [0, 0.1) is 0 Å². The zero-order chi connectivity index (χ0) is 21.4. The van der Waals surface area contributed by atoms with Crippen LogP contribution in [-0.2, 0) is 20.6 Å². The summed E-state index contributed by atoms with van der Waals surface area (Å²) in [4.78, 5) is 12.7. The highest BCUT2D eigenvalue weighted by Crippen LogP contribution is 2.25. The maximum Gasteiger partial charge on any atom is 0.243 e. The van der Waals surface area contributed by atoms with Crippen molar-refractivity contribution >= 4 is 56.6 Å². The summed E-state index contributed by atoms with van der Waals surface area (Å²) in [5, 5.41) is 3.95. The minimum atomic E-state index is -3.67. The van der Waals surface area contributed by atoms with Crippen molar-refractivity contribution in [3.63, 3.8) is 0 Å². The Morgan fingerprint density at radius 1 is 1.14 bits per heavy atom. The van der Waals surface area contributed by atoms with E-state index in [4.69, 9.17) is 23.2 Å². The van der Waals surface area contributed by atoms with Gasteiger partial charge in [0.2, 0.25) is 15.9 Å². The van der Waals surface area contributed by atoms with Crippen LogP contribution in [0.15, 0.2) is 48.5 Å². The minimum Gasteiger partial charge on any atom is -0.353 e. The summed E-state index contributed by atoms with van der Waals surface area (Å²) in [6.45, 7) is 2.23. The summed E-state index contributed by atoms with van der Waals surface area (Å²) in [6, 6.07) is 13.3. The van der Waals surface area contributed by atoms with E-state index in [0.29, 0.717) is 34.5 Å². The second-order valence-electron chi connectivity index (χ2n) is 6.43. The maximum absolute atomic E-state index is 12.7. The van der Waals surface area contributed by atoms with E-state index in [1.807, 2.05) is 24.3 Å². The zero-order valence-corrected chi connectivity index (χ0v) is 19.4. The first-order valence-electron chi connectivity index (χ1n) is 9.07. The molecule has 1 N–H and O–H groups in total. The monoisotopic (exact) mass is 474 g/mol. The molecule has 0 saturated heterocycles. The molecule has 2 aromatic carbocycles. The van der Waals surface area contributed by atoms with Gasteiger partial charge in [-0.05, 0) is 42.3 Å². The molecule has 9 heteroatoms. The standard InChI is InChI=1S/C20H24Cl2N2O3S2/c1-3-19(24(29(2,26)27)18-6-4-5-17(22)13-18)20(25)23-11-12-28-14-15-7-9-16(21)10-8-15/h4-10,13,19H,3,11-12,14H2,1-2H3,(H,23,25)/t19-/m0/s1. The third kappa shape index (κ3) is 7.41. The molecule has 5 nitrogen and oxygen atoms in total. The van der Waals surface area contributed by atoms with Crippen LogP contribution in [0.2, 0.25) is 10.0 Å². The number of nitrogens with one attached hydrogen (secondary N) is 1. The molecule has 0 aliphatic rings. The first kappa shape index (κ1) is 23.9. The number of carbonyl (C=O) groups is 1. The highest BCUT2D eigenvalue weighted by molar-refractivity contribution is 7.98. The average Bonchev–Trinajstić information content (AvgIpc) is 2.66. The number of carbonyl (C=O) groups excluding carboxylic acids is 1. The lowest BCUT2D eigenvalue weighted by atomic mass is 10.2. The van der Waals surface area contributed by atoms with Gasteiger partial charge in [-0.15, -0.1) is 0 Å². The van der Waals surface area contributed by atoms with Gasteiger partial charge in [-0.25, -0.2) is 8.42 Å². The second kappa shape index (κ2) is 11.1. The van der Waals surface area contributed by atoms with Crippen LogP contribution in [0.3, 0.4) is 0 Å². The molecule has 158 valence electrons. The van der Waals surface area contributed by atoms with Gasteiger partial charge in [0.05, 0.1) is 11.9 Å². The molecular formula is C20H24Cl2N2O3S2. The molecule has 0 unspecified atom stereocenters. The molecule has 1 atom stereocenters. The Labute approximate surface area is 186 Å². The molecule has 0 saturated carbocycles. The van der Waals surface area contributed by atoms with Gasteiger partial charge in [-0.1, -0.05) is 48.3 Å². The number of thioether (sulfide) groups is 1. The summed E-state index contributed by atoms with van der Waals surface area (Å²) in [5.74, 6) is 1.19. The number of nitrogens with zero attached hydrogens (tertiary/aromatic N) is 1. The molecule has 0 heterocycles. The summed E-state index contributed by atoms with van der Waals surface area (Å²) in [6.07, 6.45) is 1.43. The summed E-state index contributed by atoms with van der Waals surface area (Å²) in [7, 11) is -3.67. The van der Waals surface area contributed by atoms with E-state index in [2.05, 4.69) is 5.32 Å². The van der Waals surface area contributed by atoms with Crippen LogP contribution in [-0.4, -0.2) is 38.9 Å². The summed E-state index contributed by atoms with van der Waals surface area (Å²) >= 11 is 13.6. The molecule has 2 aromatic rings. The first-order chi connectivity index (χ1) is 13.7. The second-order valence-corrected chi connectivity index (χ2v) is 10.3. The van der Waals surface area contributed by atoms with E-state index >= 15 is 0 Å². The van der Waals surface area contributed by atoms with Crippen LogP contribution in [0.25, 0.3) is 0 Å². The largest absolute Gasteiger partial charge is 0.353 e. The van der Waals surface area contributed by atoms with Gasteiger partial charge in [-0.2, -0.15) is 11.8 Å². The number of sulfonamides is 1. The Balaban J connectivity index is 1.96. The van der Waals surface area contributed by atoms with Gasteiger partial charge < -0.3 is 5.32 Å². The first-order valence-corrected chi connectivity index (χ1v) is 12.8. The number of hydrogen-bond donors (Lipinski definition) is 1. The lowest BCUT2D eigenvalue weighted by Crippen LogP contribution is -2.49. The fraction of sp³-hybridized carbons (Fsp3) is 0.350. The third-order valence-corrected chi connectivity index (χ3v) is 6.82. The lowest BCUT2D eigenvalue weighted by Gasteiger charge is -2.30. The van der Waals surface area contributed by atoms with Crippen molar-refractivity contribution in [3.05, 3.63) is 64.1 Å². The van der Waals surface area contributed by atoms with Crippen LogP contribution in [0.1, 0.15) is 18.9 Å². The van der Waals surface area contributed by atoms with E-state index in [1.54, 1.807) is 43.0 Å². The Hall–Kier alpha value is -1.41. The van der Waals surface area contributed by atoms with Gasteiger partial charge in [-0.3, -0.25) is 9.10 Å². The molecule has 0 spiro atoms. The number of benzene rings is 2. The van der Waals surface area contributed by atoms with Crippen molar-refractivity contribution in [2.24, 2.45) is 0 Å². The third-order valence-electron chi connectivity index (χ3n) is 4.12. The van der Waals surface area contributed by atoms with E-state index < -0.39 is 16.1 Å². The fourth-order valence-corrected chi connectivity index (χ4v) is 5.14. The van der Waals surface area contributed by atoms with Crippen molar-refractivity contribution in [2.75, 3.05) is 22.9 Å². The number of halogens is 2. The predicted octanol–water partition coefficient (Wildman–Crippen LogP) is 4.59. The van der Waals surface area contributed by atoms with Crippen molar-refractivity contribution in [3.8, 4) is 0 Å². The van der Waals surface area contributed by atoms with Crippen molar-refractivity contribution in [1.29, 1.82) is 0 Å². The van der Waals surface area contributed by atoms with Crippen LogP contribution in [0.4, 0.5) is 5.69 Å². The minimum absolute atomic E-state index is 0.329. The van der Waals surface area contributed by atoms with E-state index in [0.717, 1.165) is 21.9 Å². The van der Waals surface area contributed by atoms with E-state index in [9.17, 15) is 13.2 Å². The predicted molar refractivity (Wildman–Crippen MR) is 123 cm³/mol. The number of anilines is 1. The van der Waals surface area contributed by atoms with Gasteiger partial charge in [0.15, 0.2) is 0 Å². The molecule has 1 amide bonds. The maximum atomic E-state index is 12.7. The topological polar surface area (TPSA) is 66.5 Å². The quantitative estimate of drug-likeness (QED) is 0.511. The molecule has 0 radical (unpaired) electrons. The molecule has 0 fully saturated rings. The highest BCUT2D eigenvalue weighted by Gasteiger charge is 2.31. The normalized spacial score (nSPS) is 12.4. The number of amides is 1. The summed E-state index contributed by atoms with van der Waals surface area (Å²) in [5.41, 5.74) is 1.53. The Kier molecular flexibility index (Phi) is 9.14. The van der Waals surface area contributed by atoms with E-state index in [-0.39, 0.29) is 5.91 Å². The van der Waals surface area contributed by atoms with Crippen molar-refractivity contribution in [2.45, 2.75) is 25.1 Å². The van der Waals surface area contributed by atoms with Crippen molar-refractivity contribution in [1.82, 2.24) is 5.32 Å². The van der Waals surface area contributed by atoms with Crippen LogP contribution < -0.4 is 9.62 Å². The molecule has 0 aliphatic heterocycles. The molecule has 0 bridgehead atoms. The number of rotatable bonds is 10. The zero-order valence-electron chi connectivity index (χ0n) is 16.3. The average molecular weight is 475 g/mol. The SMILES string of the molecule is CC[C@@H](C(=O)NCCSCc1ccc(Cl)cc1)N(c1cccc(Cl)c1)S(C)(=O)=O. The smallest absolute Gasteiger partial charge is 0.243 e. The Morgan fingerprint density at radius 3 is 2.41 bits per heavy atom. The van der Waals surface area contributed by atoms with Crippen molar-refractivity contribution < 1.29 is 13.2 Å². The lowest BCUT2D eigenvalue weighted by molar-refractivity contribution is -0.122.